The van der Waals surface area contributed by atoms with Gasteiger partial charge in [0.1, 0.15) is 0 Å². The smallest absolute Gasteiger partial charge is 0.0726 e. The topological polar surface area (TPSA) is 44.0 Å². The van der Waals surface area contributed by atoms with Crippen LogP contribution in [0.15, 0.2) is 0 Å². The third-order valence-electron chi connectivity index (χ3n) is 3.15. The number of aliphatic hydroxyl groups excluding tert-OH is 1. The summed E-state index contributed by atoms with van der Waals surface area (Å²) < 4.78 is 0. The van der Waals surface area contributed by atoms with Crippen LogP contribution in [-0.2, 0) is 0 Å². The van der Waals surface area contributed by atoms with Gasteiger partial charge in [-0.2, -0.15) is 5.26 Å². The SMILES string of the molecule is CC[C@@H](C#N)[C@@H](O)C1CCCCC1. The molecule has 1 saturated carbocycles. The maximum Gasteiger partial charge on any atom is 0.0726 e. The first-order chi connectivity index (χ1) is 6.29. The van der Waals surface area contributed by atoms with E-state index in [1.54, 1.807) is 0 Å². The molecule has 2 nitrogen and oxygen atoms in total. The van der Waals surface area contributed by atoms with Crippen molar-refractivity contribution in [3.8, 4) is 6.07 Å². The van der Waals surface area contributed by atoms with Gasteiger partial charge in [-0.05, 0) is 25.2 Å². The lowest BCUT2D eigenvalue weighted by atomic mass is 9.80. The van der Waals surface area contributed by atoms with E-state index in [0.717, 1.165) is 19.3 Å². The lowest BCUT2D eigenvalue weighted by Gasteiger charge is -2.28. The van der Waals surface area contributed by atoms with E-state index in [1.807, 2.05) is 6.92 Å². The lowest BCUT2D eigenvalue weighted by molar-refractivity contribution is 0.0511. The zero-order valence-electron chi connectivity index (χ0n) is 8.37. The number of rotatable bonds is 3. The maximum atomic E-state index is 9.91. The van der Waals surface area contributed by atoms with Crippen LogP contribution in [0.3, 0.4) is 0 Å². The molecule has 0 aromatic carbocycles. The van der Waals surface area contributed by atoms with Gasteiger partial charge in [0.15, 0.2) is 0 Å². The van der Waals surface area contributed by atoms with Crippen LogP contribution in [0.2, 0.25) is 0 Å². The quantitative estimate of drug-likeness (QED) is 0.727. The second-order valence-corrected chi connectivity index (χ2v) is 4.03. The molecule has 0 unspecified atom stereocenters. The van der Waals surface area contributed by atoms with E-state index in [0.29, 0.717) is 5.92 Å². The first-order valence-electron chi connectivity index (χ1n) is 5.37. The molecule has 2 heteroatoms. The van der Waals surface area contributed by atoms with Crippen molar-refractivity contribution in [1.29, 1.82) is 5.26 Å². The Kier molecular flexibility index (Phi) is 4.24. The molecule has 0 amide bonds. The van der Waals surface area contributed by atoms with Gasteiger partial charge in [0.2, 0.25) is 0 Å². The molecule has 0 radical (unpaired) electrons. The molecule has 0 aromatic heterocycles. The third kappa shape index (κ3) is 2.70. The van der Waals surface area contributed by atoms with Crippen molar-refractivity contribution < 1.29 is 5.11 Å². The predicted octanol–water partition coefficient (Wildman–Crippen LogP) is 2.48. The third-order valence-corrected chi connectivity index (χ3v) is 3.15. The first-order valence-corrected chi connectivity index (χ1v) is 5.37. The minimum atomic E-state index is -0.379. The molecule has 0 spiro atoms. The van der Waals surface area contributed by atoms with Gasteiger partial charge in [-0.3, -0.25) is 0 Å². The molecule has 0 heterocycles. The molecule has 13 heavy (non-hydrogen) atoms. The van der Waals surface area contributed by atoms with Gasteiger partial charge in [-0.25, -0.2) is 0 Å². The van der Waals surface area contributed by atoms with E-state index in [2.05, 4.69) is 6.07 Å². The van der Waals surface area contributed by atoms with Gasteiger partial charge in [-0.1, -0.05) is 26.2 Å². The molecule has 0 aromatic rings. The average Bonchev–Trinajstić information content (AvgIpc) is 2.21. The number of nitrogens with zero attached hydrogens (tertiary/aromatic N) is 1. The molecule has 1 N–H and O–H groups in total. The number of hydrogen-bond donors (Lipinski definition) is 1. The zero-order valence-corrected chi connectivity index (χ0v) is 8.37. The average molecular weight is 181 g/mol. The molecule has 0 bridgehead atoms. The summed E-state index contributed by atoms with van der Waals surface area (Å²) in [5, 5.41) is 18.7. The molecular weight excluding hydrogens is 162 g/mol. The molecule has 1 fully saturated rings. The second kappa shape index (κ2) is 5.24. The molecular formula is C11H19NO. The largest absolute Gasteiger partial charge is 0.391 e. The Balaban J connectivity index is 2.44. The number of nitriles is 1. The van der Waals surface area contributed by atoms with E-state index in [4.69, 9.17) is 5.26 Å². The summed E-state index contributed by atoms with van der Waals surface area (Å²) in [6, 6.07) is 2.20. The highest BCUT2D eigenvalue weighted by molar-refractivity contribution is 4.90. The summed E-state index contributed by atoms with van der Waals surface area (Å²) in [4.78, 5) is 0. The van der Waals surface area contributed by atoms with Crippen molar-refractivity contribution in [1.82, 2.24) is 0 Å². The van der Waals surface area contributed by atoms with Crippen molar-refractivity contribution in [2.45, 2.75) is 51.6 Å². The molecule has 1 aliphatic rings. The van der Waals surface area contributed by atoms with Crippen LogP contribution in [0.1, 0.15) is 45.4 Å². The Labute approximate surface area is 80.6 Å². The summed E-state index contributed by atoms with van der Waals surface area (Å²) in [5.41, 5.74) is 0. The highest BCUT2D eigenvalue weighted by atomic mass is 16.3. The van der Waals surface area contributed by atoms with Crippen molar-refractivity contribution in [2.75, 3.05) is 0 Å². The first kappa shape index (κ1) is 10.5. The highest BCUT2D eigenvalue weighted by Crippen LogP contribution is 2.30. The highest BCUT2D eigenvalue weighted by Gasteiger charge is 2.27. The zero-order chi connectivity index (χ0) is 9.68. The Hall–Kier alpha value is -0.550. The molecule has 74 valence electrons. The van der Waals surface area contributed by atoms with E-state index in [-0.39, 0.29) is 12.0 Å². The maximum absolute atomic E-state index is 9.91. The van der Waals surface area contributed by atoms with Gasteiger partial charge in [-0.15, -0.1) is 0 Å². The van der Waals surface area contributed by atoms with Crippen LogP contribution in [0.4, 0.5) is 0 Å². The van der Waals surface area contributed by atoms with E-state index >= 15 is 0 Å². The standard InChI is InChI=1S/C11H19NO/c1-2-9(8-12)11(13)10-6-4-3-5-7-10/h9-11,13H,2-7H2,1H3/t9-,11+/m0/s1. The van der Waals surface area contributed by atoms with Crippen LogP contribution >= 0.6 is 0 Å². The second-order valence-electron chi connectivity index (χ2n) is 4.03. The fraction of sp³-hybridized carbons (Fsp3) is 0.909. The van der Waals surface area contributed by atoms with Crippen molar-refractivity contribution in [3.63, 3.8) is 0 Å². The minimum absolute atomic E-state index is 0.150. The van der Waals surface area contributed by atoms with Gasteiger partial charge in [0.05, 0.1) is 18.1 Å². The molecule has 1 aliphatic carbocycles. The van der Waals surface area contributed by atoms with Crippen LogP contribution in [0.5, 0.6) is 0 Å². The van der Waals surface area contributed by atoms with Gasteiger partial charge >= 0.3 is 0 Å². The predicted molar refractivity (Wildman–Crippen MR) is 52.0 cm³/mol. The fourth-order valence-electron chi connectivity index (χ4n) is 2.21. The monoisotopic (exact) mass is 181 g/mol. The van der Waals surface area contributed by atoms with Crippen molar-refractivity contribution in [3.05, 3.63) is 0 Å². The van der Waals surface area contributed by atoms with Gasteiger partial charge < -0.3 is 5.11 Å². The minimum Gasteiger partial charge on any atom is -0.391 e. The lowest BCUT2D eigenvalue weighted by Crippen LogP contribution is -2.29. The van der Waals surface area contributed by atoms with Crippen LogP contribution in [0.25, 0.3) is 0 Å². The van der Waals surface area contributed by atoms with Gasteiger partial charge in [0.25, 0.3) is 0 Å². The summed E-state index contributed by atoms with van der Waals surface area (Å²) in [5.74, 6) is 0.237. The van der Waals surface area contributed by atoms with E-state index in [9.17, 15) is 5.11 Å². The van der Waals surface area contributed by atoms with E-state index < -0.39 is 0 Å². The molecule has 0 aliphatic heterocycles. The van der Waals surface area contributed by atoms with Crippen molar-refractivity contribution >= 4 is 0 Å². The van der Waals surface area contributed by atoms with E-state index in [1.165, 1.54) is 19.3 Å². The normalized spacial score (nSPS) is 23.5. The van der Waals surface area contributed by atoms with Crippen LogP contribution in [0, 0.1) is 23.2 Å². The Morgan fingerprint density at radius 2 is 2.00 bits per heavy atom. The summed E-state index contributed by atoms with van der Waals surface area (Å²) in [6.07, 6.45) is 6.36. The Bertz CT molecular complexity index is 179. The summed E-state index contributed by atoms with van der Waals surface area (Å²) in [6.45, 7) is 1.97. The number of hydrogen-bond acceptors (Lipinski definition) is 2. The summed E-state index contributed by atoms with van der Waals surface area (Å²) in [7, 11) is 0. The van der Waals surface area contributed by atoms with Crippen LogP contribution in [-0.4, -0.2) is 11.2 Å². The van der Waals surface area contributed by atoms with Crippen molar-refractivity contribution in [2.24, 2.45) is 11.8 Å². The fourth-order valence-corrected chi connectivity index (χ4v) is 2.21. The molecule has 2 atom stereocenters. The Morgan fingerprint density at radius 1 is 1.38 bits per heavy atom. The van der Waals surface area contributed by atoms with Crippen LogP contribution < -0.4 is 0 Å². The summed E-state index contributed by atoms with van der Waals surface area (Å²) >= 11 is 0. The number of aliphatic hydroxyl groups is 1. The Morgan fingerprint density at radius 3 is 2.46 bits per heavy atom. The van der Waals surface area contributed by atoms with Gasteiger partial charge in [0, 0.05) is 0 Å². The molecule has 0 saturated heterocycles. The molecule has 1 rings (SSSR count).